The van der Waals surface area contributed by atoms with E-state index in [2.05, 4.69) is 15.7 Å². The van der Waals surface area contributed by atoms with Gasteiger partial charge in [0.25, 0.3) is 0 Å². The van der Waals surface area contributed by atoms with Crippen LogP contribution < -0.4 is 10.8 Å². The number of hydrogen-bond donors (Lipinski definition) is 6. The van der Waals surface area contributed by atoms with Gasteiger partial charge in [-0.15, -0.1) is 0 Å². The Balaban J connectivity index is 1.19. The molecule has 0 aliphatic heterocycles. The summed E-state index contributed by atoms with van der Waals surface area (Å²) in [6.07, 6.45) is 7.89. The zero-order valence-corrected chi connectivity index (χ0v) is 24.6. The first-order chi connectivity index (χ1) is 19.7. The molecular formula is C28H48N2O10S. The van der Waals surface area contributed by atoms with E-state index in [-0.39, 0.29) is 60.3 Å². The van der Waals surface area contributed by atoms with Gasteiger partial charge in [-0.25, -0.2) is 9.10 Å². The summed E-state index contributed by atoms with van der Waals surface area (Å²) in [6, 6.07) is -0.104. The topological polar surface area (TPSA) is 184 Å². The van der Waals surface area contributed by atoms with E-state index in [4.69, 9.17) is 14.3 Å². The third kappa shape index (κ3) is 9.65. The third-order valence-corrected chi connectivity index (χ3v) is 11.0. The fourth-order valence-corrected chi connectivity index (χ4v) is 8.49. The Morgan fingerprint density at radius 2 is 1.51 bits per heavy atom. The minimum absolute atomic E-state index is 0.0358. The molecule has 0 radical (unpaired) electrons. The lowest BCUT2D eigenvalue weighted by atomic mass is 9.77. The number of amides is 1. The second-order valence-corrected chi connectivity index (χ2v) is 13.9. The summed E-state index contributed by atoms with van der Waals surface area (Å²) >= 11 is -1.51. The molecule has 236 valence electrons. The van der Waals surface area contributed by atoms with Crippen LogP contribution in [0.3, 0.4) is 0 Å². The SMILES string of the molecule is O=C(O)C1CC(O)CCC1C(=O)NC1CCCC(S(=O)OC2CCCC(NOCC3CCC(O)CC3COO)C2)C1. The largest absolute Gasteiger partial charge is 0.481 e. The highest BCUT2D eigenvalue weighted by atomic mass is 32.2. The average molecular weight is 605 g/mol. The van der Waals surface area contributed by atoms with Crippen molar-refractivity contribution < 1.29 is 48.3 Å². The maximum Gasteiger partial charge on any atom is 0.307 e. The smallest absolute Gasteiger partial charge is 0.307 e. The molecule has 6 N–H and O–H groups in total. The van der Waals surface area contributed by atoms with Crippen molar-refractivity contribution >= 4 is 23.0 Å². The second-order valence-electron chi connectivity index (χ2n) is 12.6. The van der Waals surface area contributed by atoms with Crippen LogP contribution in [0.2, 0.25) is 0 Å². The van der Waals surface area contributed by atoms with Crippen LogP contribution in [0.1, 0.15) is 89.9 Å². The van der Waals surface area contributed by atoms with Gasteiger partial charge < -0.3 is 25.5 Å². The van der Waals surface area contributed by atoms with Gasteiger partial charge in [-0.05, 0) is 95.3 Å². The summed E-state index contributed by atoms with van der Waals surface area (Å²) in [4.78, 5) is 34.8. The molecule has 0 aromatic carbocycles. The third-order valence-electron chi connectivity index (χ3n) is 9.53. The van der Waals surface area contributed by atoms with Gasteiger partial charge in [-0.2, -0.15) is 5.48 Å². The molecule has 11 atom stereocenters. The normalized spacial score (nSPS) is 39.1. The molecule has 0 saturated heterocycles. The minimum atomic E-state index is -1.51. The van der Waals surface area contributed by atoms with Crippen LogP contribution in [0.4, 0.5) is 0 Å². The number of hydrogen-bond acceptors (Lipinski definition) is 10. The standard InChI is InChI=1S/C28H48N2O10S/c31-21-8-7-17(18(11-21)16-39-36)15-38-30-20-4-1-5-23(12-20)40-41(37)24-6-2-3-19(13-24)29-27(33)25-10-9-22(32)14-26(25)28(34)35/h17-26,30-32,36H,1-16H2,(H,29,33)(H,34,35). The number of rotatable bonds is 12. The number of nitrogens with one attached hydrogen (secondary N) is 2. The summed E-state index contributed by atoms with van der Waals surface area (Å²) in [6.45, 7) is 0.633. The van der Waals surface area contributed by atoms with E-state index < -0.39 is 35.0 Å². The van der Waals surface area contributed by atoms with Crippen LogP contribution in [-0.2, 0) is 34.6 Å². The first-order valence-electron chi connectivity index (χ1n) is 15.3. The van der Waals surface area contributed by atoms with Gasteiger partial charge in [-0.3, -0.25) is 19.0 Å². The predicted molar refractivity (Wildman–Crippen MR) is 148 cm³/mol. The lowest BCUT2D eigenvalue weighted by Crippen LogP contribution is -2.48. The van der Waals surface area contributed by atoms with E-state index >= 15 is 0 Å². The molecule has 11 unspecified atom stereocenters. The van der Waals surface area contributed by atoms with Crippen molar-refractivity contribution in [2.75, 3.05) is 13.2 Å². The van der Waals surface area contributed by atoms with Crippen molar-refractivity contribution in [3.05, 3.63) is 0 Å². The number of carbonyl (C=O) groups excluding carboxylic acids is 1. The molecule has 41 heavy (non-hydrogen) atoms. The first kappa shape index (κ1) is 32.7. The average Bonchev–Trinajstić information content (AvgIpc) is 2.94. The Hall–Kier alpha value is -1.19. The zero-order chi connectivity index (χ0) is 29.4. The summed E-state index contributed by atoms with van der Waals surface area (Å²) < 4.78 is 19.2. The molecule has 12 nitrogen and oxygen atoms in total. The summed E-state index contributed by atoms with van der Waals surface area (Å²) in [7, 11) is 0. The number of carbonyl (C=O) groups is 2. The van der Waals surface area contributed by atoms with Gasteiger partial charge in [0, 0.05) is 12.1 Å². The number of aliphatic hydroxyl groups excluding tert-OH is 2. The number of aliphatic hydroxyl groups is 2. The van der Waals surface area contributed by atoms with Crippen LogP contribution >= 0.6 is 0 Å². The number of aliphatic carboxylic acids is 1. The number of carboxylic acids is 1. The molecule has 4 fully saturated rings. The van der Waals surface area contributed by atoms with Crippen LogP contribution in [-0.4, -0.2) is 85.5 Å². The van der Waals surface area contributed by atoms with Crippen LogP contribution in [0.15, 0.2) is 0 Å². The van der Waals surface area contributed by atoms with Gasteiger partial charge in [0.1, 0.15) is 0 Å². The van der Waals surface area contributed by atoms with Crippen LogP contribution in [0.5, 0.6) is 0 Å². The lowest BCUT2D eigenvalue weighted by molar-refractivity contribution is -0.258. The molecule has 0 heterocycles. The van der Waals surface area contributed by atoms with Crippen molar-refractivity contribution in [1.82, 2.24) is 10.8 Å². The van der Waals surface area contributed by atoms with Gasteiger partial charge in [0.2, 0.25) is 5.91 Å². The summed E-state index contributed by atoms with van der Waals surface area (Å²) in [5.74, 6) is -2.68. The number of carboxylic acid groups (broad SMARTS) is 1. The molecule has 0 aromatic heterocycles. The van der Waals surface area contributed by atoms with Crippen LogP contribution in [0, 0.1) is 23.7 Å². The second kappa shape index (κ2) is 16.0. The van der Waals surface area contributed by atoms with Crippen molar-refractivity contribution in [2.24, 2.45) is 23.7 Å². The van der Waals surface area contributed by atoms with Crippen molar-refractivity contribution in [3.63, 3.8) is 0 Å². The van der Waals surface area contributed by atoms with Crippen molar-refractivity contribution in [2.45, 2.75) is 126 Å². The van der Waals surface area contributed by atoms with E-state index in [9.17, 15) is 29.1 Å². The molecule has 4 aliphatic rings. The Kier molecular flexibility index (Phi) is 12.8. The lowest BCUT2D eigenvalue weighted by Gasteiger charge is -2.35. The Bertz CT molecular complexity index is 881. The minimum Gasteiger partial charge on any atom is -0.481 e. The Morgan fingerprint density at radius 3 is 2.29 bits per heavy atom. The quantitative estimate of drug-likeness (QED) is 0.142. The highest BCUT2D eigenvalue weighted by Crippen LogP contribution is 2.33. The van der Waals surface area contributed by atoms with Gasteiger partial charge in [0.15, 0.2) is 11.1 Å². The van der Waals surface area contributed by atoms with Gasteiger partial charge >= 0.3 is 5.97 Å². The summed E-state index contributed by atoms with van der Waals surface area (Å²) in [5, 5.41) is 41.0. The first-order valence-corrected chi connectivity index (χ1v) is 16.5. The molecule has 0 bridgehead atoms. The van der Waals surface area contributed by atoms with E-state index in [0.29, 0.717) is 45.1 Å². The maximum atomic E-state index is 13.2. The van der Waals surface area contributed by atoms with Gasteiger partial charge in [-0.1, -0.05) is 6.42 Å². The highest BCUT2D eigenvalue weighted by molar-refractivity contribution is 7.80. The molecule has 0 aromatic rings. The van der Waals surface area contributed by atoms with E-state index in [0.717, 1.165) is 44.9 Å². The Morgan fingerprint density at radius 1 is 0.780 bits per heavy atom. The fourth-order valence-electron chi connectivity index (χ4n) is 7.14. The van der Waals surface area contributed by atoms with Crippen LogP contribution in [0.25, 0.3) is 0 Å². The molecule has 4 aliphatic carbocycles. The molecule has 1 amide bonds. The zero-order valence-electron chi connectivity index (χ0n) is 23.7. The number of hydroxylamine groups is 1. The van der Waals surface area contributed by atoms with E-state index in [1.807, 2.05) is 0 Å². The molecule has 4 rings (SSSR count). The van der Waals surface area contributed by atoms with Crippen molar-refractivity contribution in [1.29, 1.82) is 0 Å². The predicted octanol–water partition coefficient (Wildman–Crippen LogP) is 2.06. The maximum absolute atomic E-state index is 13.2. The molecular weight excluding hydrogens is 556 g/mol. The van der Waals surface area contributed by atoms with Crippen molar-refractivity contribution in [3.8, 4) is 0 Å². The molecule has 13 heteroatoms. The van der Waals surface area contributed by atoms with Gasteiger partial charge in [0.05, 0.1) is 48.6 Å². The molecule has 4 saturated carbocycles. The van der Waals surface area contributed by atoms with E-state index in [1.54, 1.807) is 0 Å². The Labute approximate surface area is 244 Å². The fraction of sp³-hybridized carbons (Fsp3) is 0.929. The molecule has 0 spiro atoms. The summed E-state index contributed by atoms with van der Waals surface area (Å²) in [5.41, 5.74) is 3.15. The van der Waals surface area contributed by atoms with E-state index in [1.165, 1.54) is 0 Å². The monoisotopic (exact) mass is 604 g/mol. The highest BCUT2D eigenvalue weighted by Gasteiger charge is 2.40.